The zero-order valence-electron chi connectivity index (χ0n) is 12.1. The highest BCUT2D eigenvalue weighted by molar-refractivity contribution is 7.21. The Morgan fingerprint density at radius 2 is 1.81 bits per heavy atom. The first kappa shape index (κ1) is 13.8. The van der Waals surface area contributed by atoms with Crippen LogP contribution in [0.25, 0.3) is 10.1 Å². The van der Waals surface area contributed by atoms with Gasteiger partial charge in [0.05, 0.1) is 4.88 Å². The molecule has 1 N–H and O–H groups in total. The summed E-state index contributed by atoms with van der Waals surface area (Å²) in [5, 5.41) is 4.21. The van der Waals surface area contributed by atoms with E-state index in [-0.39, 0.29) is 5.91 Å². The van der Waals surface area contributed by atoms with Crippen LogP contribution in [0.1, 0.15) is 27.7 Å². The Bertz CT molecular complexity index is 804. The Kier molecular flexibility index (Phi) is 3.76. The summed E-state index contributed by atoms with van der Waals surface area (Å²) in [5.41, 5.74) is 3.12. The van der Waals surface area contributed by atoms with Crippen LogP contribution in [0.15, 0.2) is 48.5 Å². The molecule has 106 valence electrons. The maximum absolute atomic E-state index is 12.6. The van der Waals surface area contributed by atoms with Gasteiger partial charge < -0.3 is 5.32 Å². The summed E-state index contributed by atoms with van der Waals surface area (Å²) in [5.74, 6) is -0.0189. The molecule has 1 aromatic heterocycles. The standard InChI is InChI=1S/C18H17NOS/c1-3-13-8-4-6-10-15(13)19-18(20)17-12(2)14-9-5-7-11-16(14)21-17/h4-11H,3H2,1-2H3,(H,19,20). The van der Waals surface area contributed by atoms with Gasteiger partial charge in [-0.05, 0) is 42.0 Å². The zero-order valence-corrected chi connectivity index (χ0v) is 13.0. The quantitative estimate of drug-likeness (QED) is 0.722. The molecule has 0 atom stereocenters. The van der Waals surface area contributed by atoms with Gasteiger partial charge in [-0.1, -0.05) is 43.3 Å². The van der Waals surface area contributed by atoms with E-state index in [9.17, 15) is 4.79 Å². The molecular formula is C18H17NOS. The van der Waals surface area contributed by atoms with Gasteiger partial charge in [0.25, 0.3) is 5.91 Å². The minimum atomic E-state index is -0.0189. The second-order valence-electron chi connectivity index (χ2n) is 5.02. The molecule has 0 aliphatic heterocycles. The summed E-state index contributed by atoms with van der Waals surface area (Å²) in [6.45, 7) is 4.11. The van der Waals surface area contributed by atoms with Crippen molar-refractivity contribution < 1.29 is 4.79 Å². The van der Waals surface area contributed by atoms with Gasteiger partial charge >= 0.3 is 0 Å². The lowest BCUT2D eigenvalue weighted by Gasteiger charge is -2.09. The molecular weight excluding hydrogens is 278 g/mol. The second kappa shape index (κ2) is 5.70. The maximum Gasteiger partial charge on any atom is 0.266 e. The molecule has 1 amide bonds. The average Bonchev–Trinajstić information content (AvgIpc) is 2.85. The molecule has 3 heteroatoms. The normalized spacial score (nSPS) is 10.8. The van der Waals surface area contributed by atoms with Crippen LogP contribution < -0.4 is 5.32 Å². The molecule has 0 fully saturated rings. The van der Waals surface area contributed by atoms with Crippen molar-refractivity contribution in [3.8, 4) is 0 Å². The Morgan fingerprint density at radius 1 is 1.10 bits per heavy atom. The lowest BCUT2D eigenvalue weighted by molar-refractivity contribution is 0.103. The van der Waals surface area contributed by atoms with Gasteiger partial charge in [-0.15, -0.1) is 11.3 Å². The molecule has 0 aliphatic rings. The molecule has 0 bridgehead atoms. The number of benzene rings is 2. The Labute approximate surface area is 128 Å². The number of nitrogens with one attached hydrogen (secondary N) is 1. The van der Waals surface area contributed by atoms with E-state index in [4.69, 9.17) is 0 Å². The van der Waals surface area contributed by atoms with Gasteiger partial charge in [0, 0.05) is 10.4 Å². The van der Waals surface area contributed by atoms with Gasteiger partial charge in [0.1, 0.15) is 0 Å². The van der Waals surface area contributed by atoms with Crippen LogP contribution in [0, 0.1) is 6.92 Å². The molecule has 0 radical (unpaired) electrons. The first-order valence-electron chi connectivity index (χ1n) is 7.08. The molecule has 3 aromatic rings. The Hall–Kier alpha value is -2.13. The molecule has 3 rings (SSSR count). The van der Waals surface area contributed by atoms with E-state index in [1.165, 1.54) is 0 Å². The van der Waals surface area contributed by atoms with E-state index in [0.29, 0.717) is 0 Å². The number of hydrogen-bond donors (Lipinski definition) is 1. The van der Waals surface area contributed by atoms with Crippen LogP contribution in [0.2, 0.25) is 0 Å². The first-order chi connectivity index (χ1) is 10.2. The number of hydrogen-bond acceptors (Lipinski definition) is 2. The van der Waals surface area contributed by atoms with Crippen molar-refractivity contribution in [2.24, 2.45) is 0 Å². The molecule has 0 saturated carbocycles. The minimum absolute atomic E-state index is 0.0189. The third kappa shape index (κ3) is 2.57. The van der Waals surface area contributed by atoms with Crippen LogP contribution in [0.3, 0.4) is 0 Å². The number of carbonyl (C=O) groups excluding carboxylic acids is 1. The zero-order chi connectivity index (χ0) is 14.8. The van der Waals surface area contributed by atoms with Crippen molar-refractivity contribution in [2.45, 2.75) is 20.3 Å². The van der Waals surface area contributed by atoms with Crippen LogP contribution in [0.5, 0.6) is 0 Å². The summed E-state index contributed by atoms with van der Waals surface area (Å²) in [7, 11) is 0. The van der Waals surface area contributed by atoms with E-state index in [2.05, 4.69) is 24.4 Å². The van der Waals surface area contributed by atoms with Gasteiger partial charge in [-0.2, -0.15) is 0 Å². The van der Waals surface area contributed by atoms with Crippen molar-refractivity contribution in [3.05, 3.63) is 64.5 Å². The monoisotopic (exact) mass is 295 g/mol. The number of anilines is 1. The molecule has 0 unspecified atom stereocenters. The second-order valence-corrected chi connectivity index (χ2v) is 6.07. The smallest absolute Gasteiger partial charge is 0.266 e. The van der Waals surface area contributed by atoms with E-state index >= 15 is 0 Å². The molecule has 1 heterocycles. The fourth-order valence-corrected chi connectivity index (χ4v) is 3.62. The number of aryl methyl sites for hydroxylation is 2. The molecule has 2 nitrogen and oxygen atoms in total. The summed E-state index contributed by atoms with van der Waals surface area (Å²) < 4.78 is 1.16. The molecule has 21 heavy (non-hydrogen) atoms. The SMILES string of the molecule is CCc1ccccc1NC(=O)c1sc2ccccc2c1C. The number of rotatable bonds is 3. The van der Waals surface area contributed by atoms with Crippen LogP contribution in [-0.4, -0.2) is 5.91 Å². The highest BCUT2D eigenvalue weighted by atomic mass is 32.1. The van der Waals surface area contributed by atoms with Gasteiger partial charge in [-0.3, -0.25) is 4.79 Å². The van der Waals surface area contributed by atoms with E-state index in [0.717, 1.165) is 38.2 Å². The predicted molar refractivity (Wildman–Crippen MR) is 90.3 cm³/mol. The minimum Gasteiger partial charge on any atom is -0.321 e. The Morgan fingerprint density at radius 3 is 2.57 bits per heavy atom. The Balaban J connectivity index is 1.96. The fraction of sp³-hybridized carbons (Fsp3) is 0.167. The summed E-state index contributed by atoms with van der Waals surface area (Å²) >= 11 is 1.55. The fourth-order valence-electron chi connectivity index (χ4n) is 2.52. The van der Waals surface area contributed by atoms with Gasteiger partial charge in [-0.25, -0.2) is 0 Å². The molecule has 0 saturated heterocycles. The summed E-state index contributed by atoms with van der Waals surface area (Å²) in [6.07, 6.45) is 0.905. The summed E-state index contributed by atoms with van der Waals surface area (Å²) in [6, 6.07) is 16.1. The van der Waals surface area contributed by atoms with E-state index in [1.807, 2.05) is 43.3 Å². The van der Waals surface area contributed by atoms with Gasteiger partial charge in [0.2, 0.25) is 0 Å². The molecule has 0 spiro atoms. The number of thiophene rings is 1. The van der Waals surface area contributed by atoms with Crippen molar-refractivity contribution >= 4 is 33.0 Å². The van der Waals surface area contributed by atoms with Crippen LogP contribution in [0.4, 0.5) is 5.69 Å². The van der Waals surface area contributed by atoms with Crippen molar-refractivity contribution in [1.29, 1.82) is 0 Å². The molecule has 2 aromatic carbocycles. The highest BCUT2D eigenvalue weighted by Crippen LogP contribution is 2.31. The van der Waals surface area contributed by atoms with Crippen molar-refractivity contribution in [1.82, 2.24) is 0 Å². The maximum atomic E-state index is 12.6. The largest absolute Gasteiger partial charge is 0.321 e. The number of fused-ring (bicyclic) bond motifs is 1. The average molecular weight is 295 g/mol. The number of carbonyl (C=O) groups is 1. The topological polar surface area (TPSA) is 29.1 Å². The molecule has 0 aliphatic carbocycles. The third-order valence-electron chi connectivity index (χ3n) is 3.70. The van der Waals surface area contributed by atoms with Crippen LogP contribution in [-0.2, 0) is 6.42 Å². The highest BCUT2D eigenvalue weighted by Gasteiger charge is 2.16. The van der Waals surface area contributed by atoms with Crippen molar-refractivity contribution in [3.63, 3.8) is 0 Å². The lowest BCUT2D eigenvalue weighted by atomic mass is 10.1. The van der Waals surface area contributed by atoms with Crippen molar-refractivity contribution in [2.75, 3.05) is 5.32 Å². The van der Waals surface area contributed by atoms with Crippen LogP contribution >= 0.6 is 11.3 Å². The van der Waals surface area contributed by atoms with E-state index < -0.39 is 0 Å². The number of amides is 1. The summed E-state index contributed by atoms with van der Waals surface area (Å²) in [4.78, 5) is 13.4. The first-order valence-corrected chi connectivity index (χ1v) is 7.89. The van der Waals surface area contributed by atoms with Gasteiger partial charge in [0.15, 0.2) is 0 Å². The predicted octanol–water partition coefficient (Wildman–Crippen LogP) is 5.02. The number of para-hydroxylation sites is 1. The third-order valence-corrected chi connectivity index (χ3v) is 4.97. The van der Waals surface area contributed by atoms with E-state index in [1.54, 1.807) is 11.3 Å². The lowest BCUT2D eigenvalue weighted by Crippen LogP contribution is -2.12.